The maximum absolute atomic E-state index is 11.2. The van der Waals surface area contributed by atoms with Gasteiger partial charge in [-0.1, -0.05) is 0 Å². The summed E-state index contributed by atoms with van der Waals surface area (Å²) < 4.78 is 10.1. The lowest BCUT2D eigenvalue weighted by molar-refractivity contribution is -0.0842. The molecule has 18 heavy (non-hydrogen) atoms. The SMILES string of the molecule is COC(CSc1nc(C)cc(C)c1C(=O)O)OC. The van der Waals surface area contributed by atoms with E-state index in [9.17, 15) is 9.90 Å². The average molecular weight is 271 g/mol. The average Bonchev–Trinajstić information content (AvgIpc) is 2.28. The van der Waals surface area contributed by atoms with Gasteiger partial charge in [0, 0.05) is 19.9 Å². The van der Waals surface area contributed by atoms with Crippen LogP contribution in [0.25, 0.3) is 0 Å². The van der Waals surface area contributed by atoms with Crippen molar-refractivity contribution in [2.45, 2.75) is 25.2 Å². The minimum Gasteiger partial charge on any atom is -0.478 e. The molecule has 1 rings (SSSR count). The van der Waals surface area contributed by atoms with Crippen molar-refractivity contribution >= 4 is 17.7 Å². The number of rotatable bonds is 6. The predicted molar refractivity (Wildman–Crippen MR) is 69.2 cm³/mol. The monoisotopic (exact) mass is 271 g/mol. The molecular formula is C12H17NO4S. The van der Waals surface area contributed by atoms with Crippen LogP contribution in [-0.2, 0) is 9.47 Å². The van der Waals surface area contributed by atoms with Gasteiger partial charge in [0.2, 0.25) is 0 Å². The molecule has 0 aliphatic rings. The van der Waals surface area contributed by atoms with Crippen LogP contribution in [0.5, 0.6) is 0 Å². The molecule has 0 unspecified atom stereocenters. The molecule has 0 atom stereocenters. The second-order valence-electron chi connectivity index (χ2n) is 3.78. The van der Waals surface area contributed by atoms with E-state index < -0.39 is 5.97 Å². The molecule has 6 heteroatoms. The minimum atomic E-state index is -0.964. The summed E-state index contributed by atoms with van der Waals surface area (Å²) in [4.78, 5) is 15.5. The summed E-state index contributed by atoms with van der Waals surface area (Å²) >= 11 is 1.32. The quantitative estimate of drug-likeness (QED) is 0.631. The first-order chi connectivity index (χ1) is 8.49. The van der Waals surface area contributed by atoms with Gasteiger partial charge in [0.25, 0.3) is 0 Å². The molecule has 0 fully saturated rings. The Hall–Kier alpha value is -1.11. The van der Waals surface area contributed by atoms with Crippen molar-refractivity contribution in [1.82, 2.24) is 4.98 Å². The topological polar surface area (TPSA) is 68.7 Å². The Kier molecular flexibility index (Phi) is 5.58. The summed E-state index contributed by atoms with van der Waals surface area (Å²) in [6.45, 7) is 3.61. The van der Waals surface area contributed by atoms with Crippen LogP contribution < -0.4 is 0 Å². The smallest absolute Gasteiger partial charge is 0.338 e. The highest BCUT2D eigenvalue weighted by molar-refractivity contribution is 7.99. The summed E-state index contributed by atoms with van der Waals surface area (Å²) in [5.74, 6) is -0.475. The van der Waals surface area contributed by atoms with Crippen LogP contribution in [0.2, 0.25) is 0 Å². The van der Waals surface area contributed by atoms with Crippen LogP contribution in [-0.4, -0.2) is 42.3 Å². The van der Waals surface area contributed by atoms with Crippen LogP contribution in [0.1, 0.15) is 21.6 Å². The molecule has 5 nitrogen and oxygen atoms in total. The molecule has 0 saturated carbocycles. The molecule has 1 N–H and O–H groups in total. The first-order valence-electron chi connectivity index (χ1n) is 5.39. The van der Waals surface area contributed by atoms with E-state index in [1.165, 1.54) is 11.8 Å². The van der Waals surface area contributed by atoms with Gasteiger partial charge in [0.1, 0.15) is 5.03 Å². The number of carboxylic acids is 1. The summed E-state index contributed by atoms with van der Waals surface area (Å²) in [6, 6.07) is 1.76. The highest BCUT2D eigenvalue weighted by Crippen LogP contribution is 2.25. The van der Waals surface area contributed by atoms with Crippen LogP contribution in [0.4, 0.5) is 0 Å². The Labute approximate surface area is 111 Å². The number of hydrogen-bond donors (Lipinski definition) is 1. The third-order valence-corrected chi connectivity index (χ3v) is 3.41. The highest BCUT2D eigenvalue weighted by Gasteiger charge is 2.17. The molecular weight excluding hydrogens is 254 g/mol. The van der Waals surface area contributed by atoms with E-state index in [4.69, 9.17) is 9.47 Å². The van der Waals surface area contributed by atoms with Crippen LogP contribution >= 0.6 is 11.8 Å². The minimum absolute atomic E-state index is 0.247. The van der Waals surface area contributed by atoms with Crippen LogP contribution in [0.3, 0.4) is 0 Å². The van der Waals surface area contributed by atoms with E-state index in [1.54, 1.807) is 27.2 Å². The van der Waals surface area contributed by atoms with E-state index in [1.807, 2.05) is 6.92 Å². The van der Waals surface area contributed by atoms with Crippen molar-refractivity contribution in [2.24, 2.45) is 0 Å². The standard InChI is InChI=1S/C12H17NO4S/c1-7-5-8(2)13-11(10(7)12(14)15)18-6-9(16-3)17-4/h5,9H,6H2,1-4H3,(H,14,15). The molecule has 0 bridgehead atoms. The van der Waals surface area contributed by atoms with Crippen molar-refractivity contribution in [1.29, 1.82) is 0 Å². The predicted octanol–water partition coefficient (Wildman–Crippen LogP) is 2.11. The number of carboxylic acid groups (broad SMARTS) is 1. The van der Waals surface area contributed by atoms with E-state index >= 15 is 0 Å². The van der Waals surface area contributed by atoms with Crippen molar-refractivity contribution in [2.75, 3.05) is 20.0 Å². The number of hydrogen-bond acceptors (Lipinski definition) is 5. The molecule has 0 aromatic carbocycles. The van der Waals surface area contributed by atoms with Gasteiger partial charge < -0.3 is 14.6 Å². The van der Waals surface area contributed by atoms with Gasteiger partial charge in [-0.05, 0) is 25.5 Å². The molecule has 1 heterocycles. The van der Waals surface area contributed by atoms with Crippen LogP contribution in [0, 0.1) is 13.8 Å². The summed E-state index contributed by atoms with van der Waals surface area (Å²) in [6.07, 6.45) is -0.376. The molecule has 1 aromatic rings. The van der Waals surface area contributed by atoms with Gasteiger partial charge in [-0.2, -0.15) is 0 Å². The number of aromatic nitrogens is 1. The third-order valence-electron chi connectivity index (χ3n) is 2.41. The number of pyridine rings is 1. The molecule has 1 aromatic heterocycles. The molecule has 0 spiro atoms. The lowest BCUT2D eigenvalue weighted by Crippen LogP contribution is -2.16. The lowest BCUT2D eigenvalue weighted by atomic mass is 10.1. The van der Waals surface area contributed by atoms with Gasteiger partial charge in [0.05, 0.1) is 11.3 Å². The first kappa shape index (κ1) is 14.9. The van der Waals surface area contributed by atoms with Gasteiger partial charge in [-0.3, -0.25) is 0 Å². The largest absolute Gasteiger partial charge is 0.478 e. The Bertz CT molecular complexity index is 432. The fourth-order valence-electron chi connectivity index (χ4n) is 1.55. The number of aromatic carboxylic acids is 1. The van der Waals surface area contributed by atoms with Crippen molar-refractivity contribution in [3.8, 4) is 0 Å². The van der Waals surface area contributed by atoms with Crippen molar-refractivity contribution in [3.63, 3.8) is 0 Å². The zero-order chi connectivity index (χ0) is 13.7. The molecule has 100 valence electrons. The van der Waals surface area contributed by atoms with E-state index in [-0.39, 0.29) is 11.9 Å². The Morgan fingerprint density at radius 2 is 2.06 bits per heavy atom. The van der Waals surface area contributed by atoms with E-state index in [0.29, 0.717) is 16.3 Å². The fraction of sp³-hybridized carbons (Fsp3) is 0.500. The van der Waals surface area contributed by atoms with Gasteiger partial charge in [-0.15, -0.1) is 11.8 Å². The third kappa shape index (κ3) is 3.69. The summed E-state index contributed by atoms with van der Waals surface area (Å²) in [7, 11) is 3.09. The van der Waals surface area contributed by atoms with Crippen LogP contribution in [0.15, 0.2) is 11.1 Å². The maximum atomic E-state index is 11.2. The number of methoxy groups -OCH3 is 2. The zero-order valence-electron chi connectivity index (χ0n) is 10.9. The number of thioether (sulfide) groups is 1. The lowest BCUT2D eigenvalue weighted by Gasteiger charge is -2.14. The maximum Gasteiger partial charge on any atom is 0.338 e. The normalized spacial score (nSPS) is 10.9. The number of nitrogens with zero attached hydrogens (tertiary/aromatic N) is 1. The Morgan fingerprint density at radius 3 is 2.56 bits per heavy atom. The van der Waals surface area contributed by atoms with Gasteiger partial charge >= 0.3 is 5.97 Å². The first-order valence-corrected chi connectivity index (χ1v) is 6.38. The second kappa shape index (κ2) is 6.72. The highest BCUT2D eigenvalue weighted by atomic mass is 32.2. The Morgan fingerprint density at radius 1 is 1.44 bits per heavy atom. The summed E-state index contributed by atoms with van der Waals surface area (Å²) in [5.41, 5.74) is 1.76. The van der Waals surface area contributed by atoms with Gasteiger partial charge in [0.15, 0.2) is 6.29 Å². The molecule has 0 radical (unpaired) electrons. The van der Waals surface area contributed by atoms with Gasteiger partial charge in [-0.25, -0.2) is 9.78 Å². The van der Waals surface area contributed by atoms with Crippen molar-refractivity contribution in [3.05, 3.63) is 22.9 Å². The molecule has 0 aliphatic heterocycles. The number of ether oxygens (including phenoxy) is 2. The summed E-state index contributed by atoms with van der Waals surface area (Å²) in [5, 5.41) is 9.70. The second-order valence-corrected chi connectivity index (χ2v) is 4.79. The Balaban J connectivity index is 2.96. The van der Waals surface area contributed by atoms with Crippen molar-refractivity contribution < 1.29 is 19.4 Å². The van der Waals surface area contributed by atoms with E-state index in [2.05, 4.69) is 4.98 Å². The number of carbonyl (C=O) groups is 1. The molecule has 0 aliphatic carbocycles. The van der Waals surface area contributed by atoms with E-state index in [0.717, 1.165) is 5.69 Å². The molecule has 0 amide bonds. The zero-order valence-corrected chi connectivity index (χ0v) is 11.7. The number of aryl methyl sites for hydroxylation is 2. The fourth-order valence-corrected chi connectivity index (χ4v) is 2.71. The molecule has 0 saturated heterocycles.